The first-order chi connectivity index (χ1) is 8.28. The highest BCUT2D eigenvalue weighted by Gasteiger charge is 2.07. The van der Waals surface area contributed by atoms with E-state index in [-0.39, 0.29) is 18.1 Å². The molecule has 0 saturated carbocycles. The molecule has 0 radical (unpaired) electrons. The first kappa shape index (κ1) is 14.7. The number of amides is 1. The van der Waals surface area contributed by atoms with Gasteiger partial charge >= 0.3 is 0 Å². The number of carbonyl (C=O) groups is 1. The number of anilines is 1. The summed E-state index contributed by atoms with van der Waals surface area (Å²) in [6, 6.07) is 5.83. The molecule has 0 saturated heterocycles. The maximum Gasteiger partial charge on any atom is 0.224 e. The van der Waals surface area contributed by atoms with Gasteiger partial charge in [-0.05, 0) is 37.5 Å². The Morgan fingerprint density at radius 1 is 1.28 bits per heavy atom. The van der Waals surface area contributed by atoms with Crippen molar-refractivity contribution in [2.75, 3.05) is 17.3 Å². The van der Waals surface area contributed by atoms with Gasteiger partial charge in [0.1, 0.15) is 9.84 Å². The molecule has 0 fully saturated rings. The van der Waals surface area contributed by atoms with E-state index in [9.17, 15) is 13.2 Å². The van der Waals surface area contributed by atoms with Crippen molar-refractivity contribution in [3.05, 3.63) is 29.3 Å². The molecular weight excluding hydrogens is 250 g/mol. The molecular formula is C13H19NO3S. The maximum atomic E-state index is 11.7. The van der Waals surface area contributed by atoms with E-state index in [1.807, 2.05) is 32.0 Å². The zero-order chi connectivity index (χ0) is 13.8. The number of hydrogen-bond acceptors (Lipinski definition) is 3. The summed E-state index contributed by atoms with van der Waals surface area (Å²) in [5.41, 5.74) is 2.86. The zero-order valence-corrected chi connectivity index (χ0v) is 11.8. The van der Waals surface area contributed by atoms with Gasteiger partial charge in [0.05, 0.1) is 5.75 Å². The van der Waals surface area contributed by atoms with E-state index >= 15 is 0 Å². The van der Waals surface area contributed by atoms with E-state index < -0.39 is 9.84 Å². The Morgan fingerprint density at radius 3 is 2.56 bits per heavy atom. The topological polar surface area (TPSA) is 63.2 Å². The van der Waals surface area contributed by atoms with Crippen LogP contribution in [0.5, 0.6) is 0 Å². The summed E-state index contributed by atoms with van der Waals surface area (Å²) in [5.74, 6) is -0.0971. The van der Waals surface area contributed by atoms with Gasteiger partial charge in [0.25, 0.3) is 0 Å². The standard InChI is InChI=1S/C13H19NO3S/c1-10-6-7-11(2)12(9-10)14-13(15)5-4-8-18(3,16)17/h6-7,9H,4-5,8H2,1-3H3,(H,14,15). The third kappa shape index (κ3) is 5.31. The first-order valence-electron chi connectivity index (χ1n) is 5.83. The second-order valence-electron chi connectivity index (χ2n) is 4.60. The molecule has 1 aromatic rings. The normalized spacial score (nSPS) is 11.3. The van der Waals surface area contributed by atoms with E-state index in [0.29, 0.717) is 6.42 Å². The van der Waals surface area contributed by atoms with Gasteiger partial charge in [-0.2, -0.15) is 0 Å². The largest absolute Gasteiger partial charge is 0.326 e. The molecule has 1 rings (SSSR count). The molecule has 0 heterocycles. The molecule has 4 nitrogen and oxygen atoms in total. The van der Waals surface area contributed by atoms with Crippen LogP contribution >= 0.6 is 0 Å². The smallest absolute Gasteiger partial charge is 0.224 e. The molecule has 0 unspecified atom stereocenters. The van der Waals surface area contributed by atoms with Crippen LogP contribution < -0.4 is 5.32 Å². The van der Waals surface area contributed by atoms with Crippen LogP contribution in [-0.2, 0) is 14.6 Å². The van der Waals surface area contributed by atoms with Crippen LogP contribution in [0.15, 0.2) is 18.2 Å². The highest BCUT2D eigenvalue weighted by molar-refractivity contribution is 7.90. The predicted octanol–water partition coefficient (Wildman–Crippen LogP) is 2.07. The summed E-state index contributed by atoms with van der Waals surface area (Å²) in [4.78, 5) is 11.7. The van der Waals surface area contributed by atoms with Gasteiger partial charge in [0.2, 0.25) is 5.91 Å². The van der Waals surface area contributed by atoms with Crippen molar-refractivity contribution in [1.82, 2.24) is 0 Å². The second kappa shape index (κ2) is 6.00. The lowest BCUT2D eigenvalue weighted by atomic mass is 10.1. The molecule has 0 aromatic heterocycles. The molecule has 1 N–H and O–H groups in total. The highest BCUT2D eigenvalue weighted by atomic mass is 32.2. The Hall–Kier alpha value is -1.36. The maximum absolute atomic E-state index is 11.7. The molecule has 1 amide bonds. The lowest BCUT2D eigenvalue weighted by Gasteiger charge is -2.09. The summed E-state index contributed by atoms with van der Waals surface area (Å²) in [7, 11) is -2.99. The van der Waals surface area contributed by atoms with Gasteiger partial charge in [0.15, 0.2) is 0 Å². The average Bonchev–Trinajstić information content (AvgIpc) is 2.21. The first-order valence-corrected chi connectivity index (χ1v) is 7.89. The van der Waals surface area contributed by atoms with Crippen LogP contribution in [-0.4, -0.2) is 26.3 Å². The summed E-state index contributed by atoms with van der Waals surface area (Å²) < 4.78 is 21.9. The van der Waals surface area contributed by atoms with Crippen molar-refractivity contribution in [1.29, 1.82) is 0 Å². The molecule has 5 heteroatoms. The fourth-order valence-electron chi connectivity index (χ4n) is 1.58. The number of nitrogens with one attached hydrogen (secondary N) is 1. The summed E-state index contributed by atoms with van der Waals surface area (Å²) >= 11 is 0. The molecule has 0 aliphatic rings. The minimum atomic E-state index is -2.99. The van der Waals surface area contributed by atoms with E-state index in [1.165, 1.54) is 6.26 Å². The Balaban J connectivity index is 2.52. The average molecular weight is 269 g/mol. The Kier molecular flexibility index (Phi) is 4.90. The summed E-state index contributed by atoms with van der Waals surface area (Å²) in [6.45, 7) is 3.88. The highest BCUT2D eigenvalue weighted by Crippen LogP contribution is 2.16. The van der Waals surface area contributed by atoms with Crippen LogP contribution in [0.4, 0.5) is 5.69 Å². The number of rotatable bonds is 5. The van der Waals surface area contributed by atoms with E-state index in [0.717, 1.165) is 16.8 Å². The van der Waals surface area contributed by atoms with Gasteiger partial charge in [-0.15, -0.1) is 0 Å². The third-order valence-corrected chi connectivity index (χ3v) is 3.62. The second-order valence-corrected chi connectivity index (χ2v) is 6.86. The Bertz CT molecular complexity index is 535. The third-order valence-electron chi connectivity index (χ3n) is 2.59. The van der Waals surface area contributed by atoms with Crippen molar-refractivity contribution in [2.45, 2.75) is 26.7 Å². The number of benzene rings is 1. The van der Waals surface area contributed by atoms with E-state index in [2.05, 4.69) is 5.32 Å². The molecule has 0 aliphatic carbocycles. The fourth-order valence-corrected chi connectivity index (χ4v) is 2.25. The van der Waals surface area contributed by atoms with Crippen LogP contribution in [0.3, 0.4) is 0 Å². The fraction of sp³-hybridized carbons (Fsp3) is 0.462. The molecule has 1 aromatic carbocycles. The van der Waals surface area contributed by atoms with Crippen LogP contribution in [0.25, 0.3) is 0 Å². The van der Waals surface area contributed by atoms with Crippen LogP contribution in [0.1, 0.15) is 24.0 Å². The summed E-state index contributed by atoms with van der Waals surface area (Å²) in [5, 5.41) is 2.80. The Morgan fingerprint density at radius 2 is 1.94 bits per heavy atom. The van der Waals surface area contributed by atoms with Gasteiger partial charge in [0, 0.05) is 18.4 Å². The van der Waals surface area contributed by atoms with E-state index in [1.54, 1.807) is 0 Å². The minimum absolute atomic E-state index is 0.0488. The lowest BCUT2D eigenvalue weighted by Crippen LogP contribution is -2.14. The quantitative estimate of drug-likeness (QED) is 0.890. The van der Waals surface area contributed by atoms with Crippen molar-refractivity contribution in [2.24, 2.45) is 0 Å². The van der Waals surface area contributed by atoms with Crippen LogP contribution in [0.2, 0.25) is 0 Å². The van der Waals surface area contributed by atoms with Gasteiger partial charge in [-0.1, -0.05) is 12.1 Å². The SMILES string of the molecule is Cc1ccc(C)c(NC(=O)CCCS(C)(=O)=O)c1. The van der Waals surface area contributed by atoms with Crippen molar-refractivity contribution >= 4 is 21.4 Å². The minimum Gasteiger partial charge on any atom is -0.326 e. The molecule has 0 aliphatic heterocycles. The number of carbonyl (C=O) groups excluding carboxylic acids is 1. The Labute approximate surface area is 108 Å². The monoisotopic (exact) mass is 269 g/mol. The number of aryl methyl sites for hydroxylation is 2. The molecule has 100 valence electrons. The van der Waals surface area contributed by atoms with Crippen molar-refractivity contribution in [3.8, 4) is 0 Å². The van der Waals surface area contributed by atoms with E-state index in [4.69, 9.17) is 0 Å². The molecule has 18 heavy (non-hydrogen) atoms. The molecule has 0 atom stereocenters. The van der Waals surface area contributed by atoms with Crippen LogP contribution in [0, 0.1) is 13.8 Å². The predicted molar refractivity (Wildman–Crippen MR) is 73.5 cm³/mol. The van der Waals surface area contributed by atoms with Gasteiger partial charge in [-0.3, -0.25) is 4.79 Å². The molecule has 0 bridgehead atoms. The lowest BCUT2D eigenvalue weighted by molar-refractivity contribution is -0.116. The summed E-state index contributed by atoms with van der Waals surface area (Å²) in [6.07, 6.45) is 1.76. The van der Waals surface area contributed by atoms with Crippen molar-refractivity contribution < 1.29 is 13.2 Å². The van der Waals surface area contributed by atoms with Gasteiger partial charge in [-0.25, -0.2) is 8.42 Å². The number of sulfone groups is 1. The van der Waals surface area contributed by atoms with Crippen molar-refractivity contribution in [3.63, 3.8) is 0 Å². The van der Waals surface area contributed by atoms with Gasteiger partial charge < -0.3 is 5.32 Å². The zero-order valence-electron chi connectivity index (χ0n) is 11.0. The number of hydrogen-bond donors (Lipinski definition) is 1. The molecule has 0 spiro atoms.